The van der Waals surface area contributed by atoms with E-state index < -0.39 is 5.82 Å². The lowest BCUT2D eigenvalue weighted by Gasteiger charge is -2.22. The lowest BCUT2D eigenvalue weighted by Crippen LogP contribution is -2.39. The molecule has 116 valence electrons. The van der Waals surface area contributed by atoms with E-state index in [1.54, 1.807) is 30.5 Å². The normalized spacial score (nSPS) is 17.0. The van der Waals surface area contributed by atoms with Gasteiger partial charge in [-0.2, -0.15) is 5.10 Å². The van der Waals surface area contributed by atoms with Crippen molar-refractivity contribution < 1.29 is 9.18 Å². The Bertz CT molecular complexity index is 889. The van der Waals surface area contributed by atoms with E-state index >= 15 is 0 Å². The highest BCUT2D eigenvalue weighted by Gasteiger charge is 2.22. The fourth-order valence-electron chi connectivity index (χ4n) is 3.04. The number of benzene rings is 1. The van der Waals surface area contributed by atoms with Crippen LogP contribution in [-0.2, 0) is 12.8 Å². The summed E-state index contributed by atoms with van der Waals surface area (Å²) in [6.07, 6.45) is 4.26. The van der Waals surface area contributed by atoms with Gasteiger partial charge in [-0.25, -0.2) is 9.37 Å². The van der Waals surface area contributed by atoms with Gasteiger partial charge in [0.15, 0.2) is 0 Å². The molecule has 0 unspecified atom stereocenters. The number of fused-ring (bicyclic) bond motifs is 2. The molecule has 0 saturated carbocycles. The largest absolute Gasteiger partial charge is 0.348 e. The summed E-state index contributed by atoms with van der Waals surface area (Å²) < 4.78 is 13.8. The van der Waals surface area contributed by atoms with E-state index in [1.807, 2.05) is 0 Å². The summed E-state index contributed by atoms with van der Waals surface area (Å²) in [6, 6.07) is 8.14. The molecule has 1 amide bonds. The highest BCUT2D eigenvalue weighted by atomic mass is 19.1. The van der Waals surface area contributed by atoms with E-state index in [4.69, 9.17) is 0 Å². The van der Waals surface area contributed by atoms with Gasteiger partial charge in [-0.1, -0.05) is 18.2 Å². The Balaban J connectivity index is 1.54. The van der Waals surface area contributed by atoms with Gasteiger partial charge >= 0.3 is 0 Å². The molecule has 0 aliphatic heterocycles. The number of halogens is 1. The molecule has 0 saturated heterocycles. The molecule has 2 N–H and O–H groups in total. The fraction of sp³-hybridized carbons (Fsp3) is 0.235. The van der Waals surface area contributed by atoms with Crippen LogP contribution in [0.5, 0.6) is 0 Å². The number of rotatable bonds is 2. The summed E-state index contributed by atoms with van der Waals surface area (Å²) in [7, 11) is 0. The number of H-pyrrole nitrogens is 1. The number of carbonyl (C=O) groups is 1. The Morgan fingerprint density at radius 1 is 1.30 bits per heavy atom. The fourth-order valence-corrected chi connectivity index (χ4v) is 3.04. The smallest absolute Gasteiger partial charge is 0.270 e. The first kappa shape index (κ1) is 13.9. The molecule has 0 radical (unpaired) electrons. The molecule has 6 heteroatoms. The van der Waals surface area contributed by atoms with Gasteiger partial charge in [-0.05, 0) is 37.0 Å². The van der Waals surface area contributed by atoms with Crippen LogP contribution in [0.2, 0.25) is 0 Å². The van der Waals surface area contributed by atoms with Gasteiger partial charge in [-0.15, -0.1) is 0 Å². The molecule has 0 spiro atoms. The van der Waals surface area contributed by atoms with E-state index in [9.17, 15) is 9.18 Å². The first-order valence-corrected chi connectivity index (χ1v) is 7.58. The molecule has 0 bridgehead atoms. The third kappa shape index (κ3) is 2.56. The Hall–Kier alpha value is -2.76. The Kier molecular flexibility index (Phi) is 3.29. The van der Waals surface area contributed by atoms with Crippen molar-refractivity contribution in [3.63, 3.8) is 0 Å². The number of pyridine rings is 1. The number of nitrogens with zero attached hydrogens (tertiary/aromatic N) is 2. The first-order chi connectivity index (χ1) is 11.2. The highest BCUT2D eigenvalue weighted by molar-refractivity contribution is 5.95. The van der Waals surface area contributed by atoms with Gasteiger partial charge in [0.1, 0.15) is 17.0 Å². The second-order valence-corrected chi connectivity index (χ2v) is 5.80. The van der Waals surface area contributed by atoms with Gasteiger partial charge in [0.05, 0.1) is 6.20 Å². The minimum atomic E-state index is -0.419. The predicted octanol–water partition coefficient (Wildman–Crippen LogP) is 2.38. The molecule has 0 fully saturated rings. The molecule has 1 aromatic carbocycles. The zero-order valence-electron chi connectivity index (χ0n) is 12.3. The number of carbonyl (C=O) groups excluding carboxylic acids is 1. The molecule has 1 aliphatic carbocycles. The van der Waals surface area contributed by atoms with Crippen LogP contribution in [0.1, 0.15) is 28.2 Å². The van der Waals surface area contributed by atoms with Crippen LogP contribution in [0, 0.1) is 5.82 Å². The summed E-state index contributed by atoms with van der Waals surface area (Å²) >= 11 is 0. The number of aryl methyl sites for hydroxylation is 1. The Morgan fingerprint density at radius 2 is 2.22 bits per heavy atom. The predicted molar refractivity (Wildman–Crippen MR) is 83.6 cm³/mol. The molecule has 1 aliphatic rings. The third-order valence-electron chi connectivity index (χ3n) is 4.26. The van der Waals surface area contributed by atoms with Crippen molar-refractivity contribution in [3.8, 4) is 0 Å². The second kappa shape index (κ2) is 5.46. The molecular formula is C17H15FN4O. The van der Waals surface area contributed by atoms with Crippen LogP contribution >= 0.6 is 0 Å². The minimum absolute atomic E-state index is 0.0470. The molecular weight excluding hydrogens is 295 g/mol. The number of para-hydroxylation sites is 1. The zero-order chi connectivity index (χ0) is 15.8. The van der Waals surface area contributed by atoms with Crippen molar-refractivity contribution in [1.29, 1.82) is 0 Å². The van der Waals surface area contributed by atoms with Crippen LogP contribution in [0.15, 0.2) is 36.5 Å². The Morgan fingerprint density at radius 3 is 3.13 bits per heavy atom. The molecule has 23 heavy (non-hydrogen) atoms. The van der Waals surface area contributed by atoms with Gasteiger partial charge < -0.3 is 5.32 Å². The standard InChI is InChI=1S/C17H15FN4O/c18-13-3-1-2-10-4-6-15(21-16(10)13)17(23)20-12-5-7-14-11(8-12)9-19-22-14/h1-4,6,9,12H,5,7-8H2,(H,19,22)(H,20,23)/t12-/m0/s1. The maximum Gasteiger partial charge on any atom is 0.270 e. The summed E-state index contributed by atoms with van der Waals surface area (Å²) in [6.45, 7) is 0. The maximum absolute atomic E-state index is 13.8. The molecule has 3 aromatic rings. The van der Waals surface area contributed by atoms with Crippen LogP contribution < -0.4 is 5.32 Å². The number of nitrogens with one attached hydrogen (secondary N) is 2. The molecule has 4 rings (SSSR count). The van der Waals surface area contributed by atoms with Crippen molar-refractivity contribution in [2.75, 3.05) is 0 Å². The summed E-state index contributed by atoms with van der Waals surface area (Å²) in [5, 5.41) is 10.7. The van der Waals surface area contributed by atoms with Crippen LogP contribution in [0.4, 0.5) is 4.39 Å². The van der Waals surface area contributed by atoms with E-state index in [-0.39, 0.29) is 23.2 Å². The van der Waals surface area contributed by atoms with E-state index in [0.29, 0.717) is 5.39 Å². The quantitative estimate of drug-likeness (QED) is 0.763. The second-order valence-electron chi connectivity index (χ2n) is 5.80. The molecule has 2 aromatic heterocycles. The van der Waals surface area contributed by atoms with Gasteiger partial charge in [0, 0.05) is 17.1 Å². The van der Waals surface area contributed by atoms with Crippen LogP contribution in [-0.4, -0.2) is 27.1 Å². The number of amides is 1. The lowest BCUT2D eigenvalue weighted by atomic mass is 9.93. The van der Waals surface area contributed by atoms with Crippen LogP contribution in [0.3, 0.4) is 0 Å². The number of hydrogen-bond donors (Lipinski definition) is 2. The topological polar surface area (TPSA) is 70.7 Å². The van der Waals surface area contributed by atoms with E-state index in [1.165, 1.54) is 6.07 Å². The summed E-state index contributed by atoms with van der Waals surface area (Å²) in [4.78, 5) is 16.6. The van der Waals surface area contributed by atoms with Gasteiger partial charge in [0.25, 0.3) is 5.91 Å². The molecule has 1 atom stereocenters. The van der Waals surface area contributed by atoms with Gasteiger partial charge in [0.2, 0.25) is 0 Å². The van der Waals surface area contributed by atoms with E-state index in [2.05, 4.69) is 20.5 Å². The average Bonchev–Trinajstić information content (AvgIpc) is 3.02. The average molecular weight is 310 g/mol. The monoisotopic (exact) mass is 310 g/mol. The van der Waals surface area contributed by atoms with Crippen molar-refractivity contribution in [2.45, 2.75) is 25.3 Å². The summed E-state index contributed by atoms with van der Waals surface area (Å²) in [5.74, 6) is -0.690. The molecule has 2 heterocycles. The van der Waals surface area contributed by atoms with Crippen molar-refractivity contribution in [2.24, 2.45) is 0 Å². The number of aromatic amines is 1. The van der Waals surface area contributed by atoms with Crippen molar-refractivity contribution >= 4 is 16.8 Å². The number of hydrogen-bond acceptors (Lipinski definition) is 3. The first-order valence-electron chi connectivity index (χ1n) is 7.58. The minimum Gasteiger partial charge on any atom is -0.348 e. The van der Waals surface area contributed by atoms with Crippen molar-refractivity contribution in [1.82, 2.24) is 20.5 Å². The lowest BCUT2D eigenvalue weighted by molar-refractivity contribution is 0.0929. The SMILES string of the molecule is O=C(N[C@H]1CCc2[nH]ncc2C1)c1ccc2cccc(F)c2n1. The highest BCUT2D eigenvalue weighted by Crippen LogP contribution is 2.20. The van der Waals surface area contributed by atoms with Crippen LogP contribution in [0.25, 0.3) is 10.9 Å². The maximum atomic E-state index is 13.8. The summed E-state index contributed by atoms with van der Waals surface area (Å²) in [5.41, 5.74) is 2.74. The van der Waals surface area contributed by atoms with Crippen molar-refractivity contribution in [3.05, 3.63) is 59.3 Å². The Labute approximate surface area is 131 Å². The molecule has 5 nitrogen and oxygen atoms in total. The van der Waals surface area contributed by atoms with Gasteiger partial charge in [-0.3, -0.25) is 9.89 Å². The zero-order valence-corrected chi connectivity index (χ0v) is 12.3. The van der Waals surface area contributed by atoms with E-state index in [0.717, 1.165) is 30.5 Å². The number of aromatic nitrogens is 3. The third-order valence-corrected chi connectivity index (χ3v) is 4.26.